The van der Waals surface area contributed by atoms with Crippen molar-refractivity contribution in [2.24, 2.45) is 0 Å². The van der Waals surface area contributed by atoms with Gasteiger partial charge in [0.2, 0.25) is 0 Å². The van der Waals surface area contributed by atoms with Crippen LogP contribution in [0.4, 0.5) is 5.69 Å². The third-order valence-corrected chi connectivity index (χ3v) is 5.70. The van der Waals surface area contributed by atoms with Crippen LogP contribution >= 0.6 is 11.6 Å². The molecule has 0 saturated carbocycles. The van der Waals surface area contributed by atoms with E-state index in [1.165, 1.54) is 28.7 Å². The maximum absolute atomic E-state index is 12.6. The number of carbonyl (C=O) groups is 1. The summed E-state index contributed by atoms with van der Waals surface area (Å²) in [5.41, 5.74) is 7.85. The van der Waals surface area contributed by atoms with Gasteiger partial charge in [-0.1, -0.05) is 54.8 Å². The summed E-state index contributed by atoms with van der Waals surface area (Å²) >= 11 is 5.82. The van der Waals surface area contributed by atoms with Crippen LogP contribution in [0.25, 0.3) is 0 Å². The quantitative estimate of drug-likeness (QED) is 0.347. The van der Waals surface area contributed by atoms with E-state index in [0.717, 1.165) is 32.1 Å². The molecular formula is C22H27ClN4O3. The summed E-state index contributed by atoms with van der Waals surface area (Å²) in [5, 5.41) is 11.4. The van der Waals surface area contributed by atoms with Crippen LogP contribution in [-0.4, -0.2) is 35.4 Å². The Kier molecular flexibility index (Phi) is 7.79. The molecule has 0 bridgehead atoms. The SMILES string of the molecule is CN(CCCCCC1CC(c2ccccc2)NN1)C(=O)c1ccc(Cl)cc1[N+](=O)[O-]. The van der Waals surface area contributed by atoms with Crippen LogP contribution in [0.3, 0.4) is 0 Å². The predicted molar refractivity (Wildman–Crippen MR) is 117 cm³/mol. The van der Waals surface area contributed by atoms with E-state index >= 15 is 0 Å². The molecule has 1 fully saturated rings. The summed E-state index contributed by atoms with van der Waals surface area (Å²) in [5.74, 6) is -0.356. The van der Waals surface area contributed by atoms with Crippen molar-refractivity contribution in [1.82, 2.24) is 15.8 Å². The number of nitro groups is 1. The summed E-state index contributed by atoms with van der Waals surface area (Å²) in [6, 6.07) is 15.3. The third kappa shape index (κ3) is 5.78. The van der Waals surface area contributed by atoms with Crippen molar-refractivity contribution in [2.75, 3.05) is 13.6 Å². The number of carbonyl (C=O) groups excluding carboxylic acids is 1. The zero-order chi connectivity index (χ0) is 21.5. The first-order chi connectivity index (χ1) is 14.5. The average molecular weight is 431 g/mol. The molecule has 1 aliphatic rings. The van der Waals surface area contributed by atoms with Crippen LogP contribution in [0, 0.1) is 10.1 Å². The van der Waals surface area contributed by atoms with Crippen molar-refractivity contribution in [1.29, 1.82) is 0 Å². The van der Waals surface area contributed by atoms with Gasteiger partial charge in [0, 0.05) is 36.8 Å². The Morgan fingerprint density at radius 1 is 1.17 bits per heavy atom. The Balaban J connectivity index is 1.39. The number of hydrogen-bond acceptors (Lipinski definition) is 5. The number of rotatable bonds is 9. The number of hydrogen-bond donors (Lipinski definition) is 2. The molecule has 1 aliphatic heterocycles. The number of unbranched alkanes of at least 4 members (excludes halogenated alkanes) is 2. The molecule has 160 valence electrons. The second-order valence-corrected chi connectivity index (χ2v) is 8.12. The molecule has 1 amide bonds. The molecule has 0 aromatic heterocycles. The molecule has 1 saturated heterocycles. The van der Waals surface area contributed by atoms with E-state index in [1.807, 2.05) is 6.07 Å². The molecule has 2 N–H and O–H groups in total. The first kappa shape index (κ1) is 22.2. The van der Waals surface area contributed by atoms with Gasteiger partial charge in [0.1, 0.15) is 5.56 Å². The summed E-state index contributed by atoms with van der Waals surface area (Å²) in [6.07, 6.45) is 5.03. The lowest BCUT2D eigenvalue weighted by Crippen LogP contribution is -2.31. The van der Waals surface area contributed by atoms with E-state index in [-0.39, 0.29) is 22.2 Å². The molecule has 0 aliphatic carbocycles. The van der Waals surface area contributed by atoms with Crippen molar-refractivity contribution in [3.63, 3.8) is 0 Å². The van der Waals surface area contributed by atoms with Crippen molar-refractivity contribution < 1.29 is 9.72 Å². The average Bonchev–Trinajstić information content (AvgIpc) is 3.22. The molecule has 2 unspecified atom stereocenters. The highest BCUT2D eigenvalue weighted by Gasteiger charge is 2.25. The zero-order valence-corrected chi connectivity index (χ0v) is 17.8. The summed E-state index contributed by atoms with van der Waals surface area (Å²) < 4.78 is 0. The van der Waals surface area contributed by atoms with Gasteiger partial charge in [-0.2, -0.15) is 0 Å². The summed E-state index contributed by atoms with van der Waals surface area (Å²) in [6.45, 7) is 0.557. The van der Waals surface area contributed by atoms with Gasteiger partial charge in [0.25, 0.3) is 11.6 Å². The Morgan fingerprint density at radius 2 is 1.93 bits per heavy atom. The van der Waals surface area contributed by atoms with E-state index < -0.39 is 4.92 Å². The van der Waals surface area contributed by atoms with Gasteiger partial charge >= 0.3 is 0 Å². The van der Waals surface area contributed by atoms with Gasteiger partial charge in [-0.3, -0.25) is 25.8 Å². The molecule has 0 spiro atoms. The van der Waals surface area contributed by atoms with Crippen molar-refractivity contribution in [3.8, 4) is 0 Å². The van der Waals surface area contributed by atoms with Crippen molar-refractivity contribution in [2.45, 2.75) is 44.2 Å². The summed E-state index contributed by atoms with van der Waals surface area (Å²) in [4.78, 5) is 24.8. The maximum atomic E-state index is 12.6. The minimum atomic E-state index is -0.571. The largest absolute Gasteiger partial charge is 0.341 e. The molecule has 1 heterocycles. The molecule has 7 nitrogen and oxygen atoms in total. The predicted octanol–water partition coefficient (Wildman–Crippen LogP) is 4.49. The number of nitrogens with one attached hydrogen (secondary N) is 2. The minimum absolute atomic E-state index is 0.0695. The van der Waals surface area contributed by atoms with E-state index in [9.17, 15) is 14.9 Å². The van der Waals surface area contributed by atoms with Gasteiger partial charge in [-0.05, 0) is 37.0 Å². The number of benzene rings is 2. The molecule has 8 heteroatoms. The lowest BCUT2D eigenvalue weighted by molar-refractivity contribution is -0.385. The van der Waals surface area contributed by atoms with Gasteiger partial charge in [0.05, 0.1) is 4.92 Å². The van der Waals surface area contributed by atoms with E-state index in [0.29, 0.717) is 18.6 Å². The molecule has 0 radical (unpaired) electrons. The fourth-order valence-corrected chi connectivity index (χ4v) is 3.94. The highest BCUT2D eigenvalue weighted by Crippen LogP contribution is 2.25. The molecular weight excluding hydrogens is 404 g/mol. The smallest absolute Gasteiger partial charge is 0.283 e. The third-order valence-electron chi connectivity index (χ3n) is 5.46. The lowest BCUT2D eigenvalue weighted by atomic mass is 9.99. The highest BCUT2D eigenvalue weighted by molar-refractivity contribution is 6.31. The Bertz CT molecular complexity index is 878. The molecule has 30 heavy (non-hydrogen) atoms. The van der Waals surface area contributed by atoms with Crippen LogP contribution in [-0.2, 0) is 0 Å². The lowest BCUT2D eigenvalue weighted by Gasteiger charge is -2.17. The van der Waals surface area contributed by atoms with Crippen molar-refractivity contribution in [3.05, 3.63) is 74.8 Å². The van der Waals surface area contributed by atoms with Crippen LogP contribution in [0.2, 0.25) is 5.02 Å². The molecule has 2 atom stereocenters. The van der Waals surface area contributed by atoms with Crippen LogP contribution in [0.15, 0.2) is 48.5 Å². The van der Waals surface area contributed by atoms with Crippen LogP contribution < -0.4 is 10.9 Å². The zero-order valence-electron chi connectivity index (χ0n) is 17.0. The topological polar surface area (TPSA) is 87.5 Å². The molecule has 2 aromatic carbocycles. The number of hydrazine groups is 1. The van der Waals surface area contributed by atoms with Crippen LogP contribution in [0.5, 0.6) is 0 Å². The summed E-state index contributed by atoms with van der Waals surface area (Å²) in [7, 11) is 1.67. The monoisotopic (exact) mass is 430 g/mol. The van der Waals surface area contributed by atoms with Gasteiger partial charge in [-0.25, -0.2) is 0 Å². The second kappa shape index (κ2) is 10.5. The van der Waals surface area contributed by atoms with E-state index in [2.05, 4.69) is 35.1 Å². The van der Waals surface area contributed by atoms with E-state index in [1.54, 1.807) is 7.05 Å². The Hall–Kier alpha value is -2.48. The number of nitrogens with zero attached hydrogens (tertiary/aromatic N) is 2. The van der Waals surface area contributed by atoms with Gasteiger partial charge in [0.15, 0.2) is 0 Å². The maximum Gasteiger partial charge on any atom is 0.283 e. The fraction of sp³-hybridized carbons (Fsp3) is 0.409. The van der Waals surface area contributed by atoms with Gasteiger partial charge < -0.3 is 4.90 Å². The van der Waals surface area contributed by atoms with Crippen LogP contribution in [0.1, 0.15) is 54.1 Å². The Labute approximate surface area is 181 Å². The number of nitro benzene ring substituents is 1. The number of amides is 1. The molecule has 2 aromatic rings. The minimum Gasteiger partial charge on any atom is -0.341 e. The first-order valence-electron chi connectivity index (χ1n) is 10.2. The highest BCUT2D eigenvalue weighted by atomic mass is 35.5. The molecule has 3 rings (SSSR count). The number of halogens is 1. The first-order valence-corrected chi connectivity index (χ1v) is 10.6. The normalized spacial score (nSPS) is 18.3. The Morgan fingerprint density at radius 3 is 2.67 bits per heavy atom. The van der Waals surface area contributed by atoms with Gasteiger partial charge in [-0.15, -0.1) is 0 Å². The van der Waals surface area contributed by atoms with Crippen molar-refractivity contribution >= 4 is 23.2 Å². The fourth-order valence-electron chi connectivity index (χ4n) is 3.78. The van der Waals surface area contributed by atoms with E-state index in [4.69, 9.17) is 11.6 Å². The standard InChI is InChI=1S/C22H27ClN4O3/c1-26(22(28)19-12-11-17(23)14-21(19)27(29)30)13-7-3-6-10-18-15-20(25-24-18)16-8-4-2-5-9-16/h2,4-5,8-9,11-12,14,18,20,24-25H,3,6-7,10,13,15H2,1H3. The second-order valence-electron chi connectivity index (χ2n) is 7.68.